The maximum atomic E-state index is 11.1. The minimum absolute atomic E-state index is 0.325. The summed E-state index contributed by atoms with van der Waals surface area (Å²) < 4.78 is 4.95. The van der Waals surface area contributed by atoms with E-state index in [-0.39, 0.29) is 5.97 Å². The molecule has 0 aromatic heterocycles. The lowest BCUT2D eigenvalue weighted by atomic mass is 9.91. The summed E-state index contributed by atoms with van der Waals surface area (Å²) in [6.45, 7) is 11.0. The molecule has 1 atom stereocenters. The number of aliphatic hydroxyl groups is 1. The van der Waals surface area contributed by atoms with Crippen molar-refractivity contribution in [2.45, 2.75) is 45.1 Å². The largest absolute Gasteiger partial charge is 0.462 e. The molecule has 0 aliphatic rings. The van der Waals surface area contributed by atoms with E-state index in [2.05, 4.69) is 13.2 Å². The minimum atomic E-state index is -0.711. The third-order valence-corrected chi connectivity index (χ3v) is 2.55. The van der Waals surface area contributed by atoms with Crippen molar-refractivity contribution >= 4 is 5.97 Å². The molecule has 0 rings (SSSR count). The molecule has 0 saturated heterocycles. The first-order chi connectivity index (χ1) is 7.45. The quantitative estimate of drug-likeness (QED) is 0.299. The molecule has 1 N–H and O–H groups in total. The van der Waals surface area contributed by atoms with Crippen LogP contribution in [0.1, 0.15) is 39.5 Å². The van der Waals surface area contributed by atoms with Gasteiger partial charge in [0.05, 0.1) is 12.2 Å². The second-order valence-electron chi connectivity index (χ2n) is 4.09. The van der Waals surface area contributed by atoms with Crippen LogP contribution in [0.5, 0.6) is 0 Å². The van der Waals surface area contributed by atoms with Crippen LogP contribution in [0, 0.1) is 0 Å². The molecule has 0 aromatic carbocycles. The van der Waals surface area contributed by atoms with E-state index in [1.807, 2.05) is 6.92 Å². The number of ether oxygens (including phenoxy) is 1. The molecular weight excluding hydrogens is 204 g/mol. The van der Waals surface area contributed by atoms with Crippen molar-refractivity contribution < 1.29 is 14.6 Å². The Kier molecular flexibility index (Phi) is 6.74. The Morgan fingerprint density at radius 3 is 2.62 bits per heavy atom. The molecule has 0 aromatic rings. The monoisotopic (exact) mass is 226 g/mol. The summed E-state index contributed by atoms with van der Waals surface area (Å²) in [5.41, 5.74) is -0.311. The number of carbonyl (C=O) groups is 1. The van der Waals surface area contributed by atoms with Gasteiger partial charge < -0.3 is 9.84 Å². The molecule has 0 fully saturated rings. The van der Waals surface area contributed by atoms with Crippen molar-refractivity contribution in [1.82, 2.24) is 0 Å². The highest BCUT2D eigenvalue weighted by molar-refractivity contribution is 5.86. The average molecular weight is 226 g/mol. The zero-order chi connectivity index (χ0) is 12.6. The van der Waals surface area contributed by atoms with Crippen LogP contribution in [0.2, 0.25) is 0 Å². The van der Waals surface area contributed by atoms with Crippen molar-refractivity contribution in [2.24, 2.45) is 0 Å². The van der Waals surface area contributed by atoms with Gasteiger partial charge in [-0.2, -0.15) is 0 Å². The number of rotatable bonds is 8. The predicted molar refractivity (Wildman–Crippen MR) is 65.1 cm³/mol. The maximum absolute atomic E-state index is 11.1. The van der Waals surface area contributed by atoms with Crippen LogP contribution in [0.4, 0.5) is 0 Å². The van der Waals surface area contributed by atoms with E-state index >= 15 is 0 Å². The van der Waals surface area contributed by atoms with E-state index in [9.17, 15) is 9.90 Å². The predicted octanol–water partition coefficient (Wildman–Crippen LogP) is 2.60. The zero-order valence-electron chi connectivity index (χ0n) is 10.3. The summed E-state index contributed by atoms with van der Waals surface area (Å²) in [5, 5.41) is 10.1. The van der Waals surface area contributed by atoms with Crippen molar-refractivity contribution in [3.8, 4) is 0 Å². The Morgan fingerprint density at radius 2 is 2.19 bits per heavy atom. The van der Waals surface area contributed by atoms with Gasteiger partial charge in [-0.25, -0.2) is 4.79 Å². The van der Waals surface area contributed by atoms with Gasteiger partial charge in [0.2, 0.25) is 0 Å². The summed E-state index contributed by atoms with van der Waals surface area (Å²) in [5.74, 6) is -0.372. The lowest BCUT2D eigenvalue weighted by molar-refractivity contribution is -0.139. The van der Waals surface area contributed by atoms with Crippen molar-refractivity contribution in [2.75, 3.05) is 6.61 Å². The van der Waals surface area contributed by atoms with Gasteiger partial charge in [-0.3, -0.25) is 0 Å². The average Bonchev–Trinajstić information content (AvgIpc) is 2.24. The Morgan fingerprint density at radius 1 is 1.56 bits per heavy atom. The van der Waals surface area contributed by atoms with E-state index in [1.54, 1.807) is 13.0 Å². The van der Waals surface area contributed by atoms with Gasteiger partial charge in [0.25, 0.3) is 0 Å². The molecule has 0 spiro atoms. The molecule has 0 aliphatic heterocycles. The molecule has 1 unspecified atom stereocenters. The van der Waals surface area contributed by atoms with Crippen LogP contribution in [-0.4, -0.2) is 23.3 Å². The molecule has 0 heterocycles. The van der Waals surface area contributed by atoms with Crippen LogP contribution in [0.15, 0.2) is 24.8 Å². The van der Waals surface area contributed by atoms with Crippen molar-refractivity contribution in [3.63, 3.8) is 0 Å². The molecule has 3 heteroatoms. The standard InChI is InChI=1S/C13H22O3/c1-5-8-13(15,6-2)9-7-10-16-12(14)11(3)4/h5,15H,1,3,6-10H2,2,4H3. The molecule has 0 aliphatic carbocycles. The summed E-state index contributed by atoms with van der Waals surface area (Å²) in [4.78, 5) is 11.1. The van der Waals surface area contributed by atoms with Gasteiger partial charge in [0, 0.05) is 5.57 Å². The lowest BCUT2D eigenvalue weighted by Crippen LogP contribution is -2.27. The molecule has 0 bridgehead atoms. The summed E-state index contributed by atoms with van der Waals surface area (Å²) in [6, 6.07) is 0. The third kappa shape index (κ3) is 5.71. The molecule has 0 radical (unpaired) electrons. The number of hydrogen-bond donors (Lipinski definition) is 1. The summed E-state index contributed by atoms with van der Waals surface area (Å²) in [6.07, 6.45) is 4.21. The lowest BCUT2D eigenvalue weighted by Gasteiger charge is -2.25. The second-order valence-corrected chi connectivity index (χ2v) is 4.09. The Hall–Kier alpha value is -1.09. The van der Waals surface area contributed by atoms with E-state index < -0.39 is 5.60 Å². The minimum Gasteiger partial charge on any atom is -0.462 e. The molecular formula is C13H22O3. The summed E-state index contributed by atoms with van der Waals surface area (Å²) in [7, 11) is 0. The molecule has 0 saturated carbocycles. The Labute approximate surface area is 97.8 Å². The molecule has 3 nitrogen and oxygen atoms in total. The van der Waals surface area contributed by atoms with Crippen molar-refractivity contribution in [3.05, 3.63) is 24.8 Å². The Bertz CT molecular complexity index is 258. The maximum Gasteiger partial charge on any atom is 0.333 e. The van der Waals surface area contributed by atoms with Crippen LogP contribution >= 0.6 is 0 Å². The SMILES string of the molecule is C=CCC(O)(CC)CCCOC(=O)C(=C)C. The van der Waals surface area contributed by atoms with Gasteiger partial charge in [0.15, 0.2) is 0 Å². The molecule has 16 heavy (non-hydrogen) atoms. The number of hydrogen-bond acceptors (Lipinski definition) is 3. The fourth-order valence-corrected chi connectivity index (χ4v) is 1.38. The van der Waals surface area contributed by atoms with Crippen LogP contribution in [0.3, 0.4) is 0 Å². The van der Waals surface area contributed by atoms with Crippen LogP contribution in [-0.2, 0) is 9.53 Å². The number of esters is 1. The highest BCUT2D eigenvalue weighted by Gasteiger charge is 2.22. The van der Waals surface area contributed by atoms with Gasteiger partial charge in [0.1, 0.15) is 0 Å². The van der Waals surface area contributed by atoms with E-state index in [0.29, 0.717) is 37.9 Å². The second kappa shape index (κ2) is 7.23. The van der Waals surface area contributed by atoms with Crippen LogP contribution < -0.4 is 0 Å². The molecule has 92 valence electrons. The topological polar surface area (TPSA) is 46.5 Å². The summed E-state index contributed by atoms with van der Waals surface area (Å²) >= 11 is 0. The first kappa shape index (κ1) is 14.9. The fourth-order valence-electron chi connectivity index (χ4n) is 1.38. The van der Waals surface area contributed by atoms with Crippen molar-refractivity contribution in [1.29, 1.82) is 0 Å². The van der Waals surface area contributed by atoms with E-state index in [1.165, 1.54) is 0 Å². The highest BCUT2D eigenvalue weighted by Crippen LogP contribution is 2.21. The first-order valence-electron chi connectivity index (χ1n) is 5.61. The smallest absolute Gasteiger partial charge is 0.333 e. The zero-order valence-corrected chi connectivity index (χ0v) is 10.3. The van der Waals surface area contributed by atoms with Gasteiger partial charge in [-0.1, -0.05) is 19.6 Å². The van der Waals surface area contributed by atoms with E-state index in [0.717, 1.165) is 0 Å². The van der Waals surface area contributed by atoms with E-state index in [4.69, 9.17) is 4.74 Å². The van der Waals surface area contributed by atoms with Gasteiger partial charge in [-0.15, -0.1) is 6.58 Å². The fraction of sp³-hybridized carbons (Fsp3) is 0.615. The third-order valence-electron chi connectivity index (χ3n) is 2.55. The van der Waals surface area contributed by atoms with Gasteiger partial charge in [-0.05, 0) is 32.6 Å². The number of carbonyl (C=O) groups excluding carboxylic acids is 1. The normalized spacial score (nSPS) is 13.9. The Balaban J connectivity index is 3.83. The van der Waals surface area contributed by atoms with Gasteiger partial charge >= 0.3 is 5.97 Å². The molecule has 0 amide bonds. The highest BCUT2D eigenvalue weighted by atomic mass is 16.5. The first-order valence-corrected chi connectivity index (χ1v) is 5.61. The van der Waals surface area contributed by atoms with Crippen LogP contribution in [0.25, 0.3) is 0 Å².